The summed E-state index contributed by atoms with van der Waals surface area (Å²) in [7, 11) is 1.70. The van der Waals surface area contributed by atoms with Gasteiger partial charge in [0.05, 0.1) is 12.6 Å². The Kier molecular flexibility index (Phi) is 6.89. The number of hydrogen-bond donors (Lipinski definition) is 0. The van der Waals surface area contributed by atoms with Gasteiger partial charge in [-0.15, -0.1) is 0 Å². The maximum absolute atomic E-state index is 12.6. The van der Waals surface area contributed by atoms with Gasteiger partial charge in [0.1, 0.15) is 0 Å². The average Bonchev–Trinajstić information content (AvgIpc) is 2.47. The summed E-state index contributed by atoms with van der Waals surface area (Å²) in [6.07, 6.45) is 1.02. The second-order valence-corrected chi connectivity index (χ2v) is 5.39. The molecule has 0 aromatic heterocycles. The minimum absolute atomic E-state index is 0.122. The zero-order chi connectivity index (χ0) is 15.1. The molecule has 0 fully saturated rings. The van der Waals surface area contributed by atoms with Gasteiger partial charge in [0, 0.05) is 25.3 Å². The van der Waals surface area contributed by atoms with Crippen LogP contribution >= 0.6 is 0 Å². The largest absolute Gasteiger partial charge is 0.383 e. The van der Waals surface area contributed by atoms with Crippen molar-refractivity contribution in [2.24, 2.45) is 0 Å². The van der Waals surface area contributed by atoms with Gasteiger partial charge in [0.15, 0.2) is 5.78 Å². The van der Waals surface area contributed by atoms with Gasteiger partial charge >= 0.3 is 0 Å². The molecule has 3 heteroatoms. The third-order valence-corrected chi connectivity index (χ3v) is 3.92. The fourth-order valence-corrected chi connectivity index (χ4v) is 2.34. The summed E-state index contributed by atoms with van der Waals surface area (Å²) in [5.74, 6) is 0.182. The van der Waals surface area contributed by atoms with Crippen LogP contribution < -0.4 is 0 Å². The Morgan fingerprint density at radius 1 is 1.25 bits per heavy atom. The van der Waals surface area contributed by atoms with Crippen molar-refractivity contribution in [3.8, 4) is 0 Å². The third kappa shape index (κ3) is 4.43. The molecule has 2 atom stereocenters. The molecule has 0 heterocycles. The molecule has 0 bridgehead atoms. The van der Waals surface area contributed by atoms with Crippen LogP contribution in [0, 0.1) is 6.92 Å². The molecule has 1 aromatic carbocycles. The summed E-state index contributed by atoms with van der Waals surface area (Å²) in [4.78, 5) is 14.8. The highest BCUT2D eigenvalue weighted by atomic mass is 16.5. The van der Waals surface area contributed by atoms with Crippen molar-refractivity contribution in [3.05, 3.63) is 35.4 Å². The van der Waals surface area contributed by atoms with Crippen LogP contribution in [0.5, 0.6) is 0 Å². The molecule has 0 radical (unpaired) electrons. The molecule has 0 saturated heterocycles. The van der Waals surface area contributed by atoms with E-state index in [0.717, 1.165) is 18.5 Å². The van der Waals surface area contributed by atoms with Crippen LogP contribution in [-0.4, -0.2) is 43.0 Å². The zero-order valence-electron chi connectivity index (χ0n) is 13.3. The number of carbonyl (C=O) groups is 1. The van der Waals surface area contributed by atoms with Gasteiger partial charge in [-0.05, 0) is 27.2 Å². The predicted octanol–water partition coefficient (Wildman–Crippen LogP) is 3.31. The normalized spacial score (nSPS) is 14.3. The first kappa shape index (κ1) is 16.9. The number of carbonyl (C=O) groups excluding carboxylic acids is 1. The Morgan fingerprint density at radius 3 is 2.35 bits per heavy atom. The van der Waals surface area contributed by atoms with Crippen LogP contribution in [0.4, 0.5) is 0 Å². The van der Waals surface area contributed by atoms with Crippen molar-refractivity contribution in [1.29, 1.82) is 0 Å². The van der Waals surface area contributed by atoms with Crippen LogP contribution in [0.3, 0.4) is 0 Å². The first-order chi connectivity index (χ1) is 9.51. The minimum atomic E-state index is -0.122. The lowest BCUT2D eigenvalue weighted by Crippen LogP contribution is -2.46. The summed E-state index contributed by atoms with van der Waals surface area (Å²) in [5.41, 5.74) is 1.96. The smallest absolute Gasteiger partial charge is 0.179 e. The fourth-order valence-electron chi connectivity index (χ4n) is 2.34. The molecule has 0 aliphatic rings. The van der Waals surface area contributed by atoms with Crippen LogP contribution in [0.25, 0.3) is 0 Å². The lowest BCUT2D eigenvalue weighted by molar-refractivity contribution is 0.0668. The number of benzene rings is 1. The highest BCUT2D eigenvalue weighted by molar-refractivity contribution is 5.99. The SMILES string of the molecule is CCC(C)N(CCOC)C(C)C(=O)c1ccc(C)cc1. The quantitative estimate of drug-likeness (QED) is 0.683. The summed E-state index contributed by atoms with van der Waals surface area (Å²) in [6, 6.07) is 8.06. The first-order valence-electron chi connectivity index (χ1n) is 7.36. The standard InChI is InChI=1S/C17H27NO2/c1-6-14(3)18(11-12-20-5)15(4)17(19)16-9-7-13(2)8-10-16/h7-10,14-15H,6,11-12H2,1-5H3. The van der Waals surface area contributed by atoms with Crippen molar-refractivity contribution in [3.63, 3.8) is 0 Å². The molecule has 0 spiro atoms. The maximum atomic E-state index is 12.6. The first-order valence-corrected chi connectivity index (χ1v) is 7.36. The van der Waals surface area contributed by atoms with E-state index in [0.29, 0.717) is 12.6 Å². The summed E-state index contributed by atoms with van der Waals surface area (Å²) in [6.45, 7) is 9.76. The molecule has 1 rings (SSSR count). The van der Waals surface area contributed by atoms with Crippen LogP contribution in [0.15, 0.2) is 24.3 Å². The lowest BCUT2D eigenvalue weighted by atomic mass is 10.0. The van der Waals surface area contributed by atoms with E-state index in [-0.39, 0.29) is 11.8 Å². The van der Waals surface area contributed by atoms with Gasteiger partial charge in [-0.2, -0.15) is 0 Å². The van der Waals surface area contributed by atoms with Crippen molar-refractivity contribution < 1.29 is 9.53 Å². The number of rotatable bonds is 8. The van der Waals surface area contributed by atoms with Gasteiger partial charge in [-0.25, -0.2) is 0 Å². The van der Waals surface area contributed by atoms with E-state index < -0.39 is 0 Å². The van der Waals surface area contributed by atoms with Crippen LogP contribution in [0.2, 0.25) is 0 Å². The molecule has 2 unspecified atom stereocenters. The van der Waals surface area contributed by atoms with Crippen molar-refractivity contribution >= 4 is 5.78 Å². The molecule has 0 N–H and O–H groups in total. The van der Waals surface area contributed by atoms with E-state index >= 15 is 0 Å². The molecule has 20 heavy (non-hydrogen) atoms. The topological polar surface area (TPSA) is 29.5 Å². The highest BCUT2D eigenvalue weighted by Gasteiger charge is 2.25. The third-order valence-electron chi connectivity index (χ3n) is 3.92. The summed E-state index contributed by atoms with van der Waals surface area (Å²) >= 11 is 0. The van der Waals surface area contributed by atoms with Gasteiger partial charge in [0.2, 0.25) is 0 Å². The molecule has 1 aromatic rings. The zero-order valence-corrected chi connectivity index (χ0v) is 13.3. The Balaban J connectivity index is 2.84. The molecule has 0 aliphatic heterocycles. The van der Waals surface area contributed by atoms with E-state index in [4.69, 9.17) is 4.74 Å². The van der Waals surface area contributed by atoms with Gasteiger partial charge in [0.25, 0.3) is 0 Å². The summed E-state index contributed by atoms with van der Waals surface area (Å²) in [5, 5.41) is 0. The fraction of sp³-hybridized carbons (Fsp3) is 0.588. The second kappa shape index (κ2) is 8.18. The molecular weight excluding hydrogens is 250 g/mol. The second-order valence-electron chi connectivity index (χ2n) is 5.39. The molecular formula is C17H27NO2. The van der Waals surface area contributed by atoms with Gasteiger partial charge < -0.3 is 4.74 Å². The van der Waals surface area contributed by atoms with E-state index in [2.05, 4.69) is 18.7 Å². The predicted molar refractivity (Wildman–Crippen MR) is 83.3 cm³/mol. The number of methoxy groups -OCH3 is 1. The van der Waals surface area contributed by atoms with Crippen LogP contribution in [-0.2, 0) is 4.74 Å². The number of ketones is 1. The van der Waals surface area contributed by atoms with Crippen molar-refractivity contribution in [1.82, 2.24) is 4.90 Å². The number of aryl methyl sites for hydroxylation is 1. The van der Waals surface area contributed by atoms with Crippen molar-refractivity contribution in [2.75, 3.05) is 20.3 Å². The Morgan fingerprint density at radius 2 is 1.85 bits per heavy atom. The molecule has 112 valence electrons. The van der Waals surface area contributed by atoms with E-state index in [1.807, 2.05) is 38.1 Å². The molecule has 0 saturated carbocycles. The van der Waals surface area contributed by atoms with E-state index in [1.54, 1.807) is 7.11 Å². The number of hydrogen-bond acceptors (Lipinski definition) is 3. The van der Waals surface area contributed by atoms with Gasteiger partial charge in [-0.3, -0.25) is 9.69 Å². The molecule has 0 amide bonds. The molecule has 0 aliphatic carbocycles. The summed E-state index contributed by atoms with van der Waals surface area (Å²) < 4.78 is 5.17. The van der Waals surface area contributed by atoms with Crippen molar-refractivity contribution in [2.45, 2.75) is 46.2 Å². The number of ether oxygens (including phenoxy) is 1. The Labute approximate surface area is 122 Å². The minimum Gasteiger partial charge on any atom is -0.383 e. The number of nitrogens with zero attached hydrogens (tertiary/aromatic N) is 1. The Hall–Kier alpha value is -1.19. The van der Waals surface area contributed by atoms with Gasteiger partial charge in [-0.1, -0.05) is 36.8 Å². The van der Waals surface area contributed by atoms with E-state index in [9.17, 15) is 4.79 Å². The maximum Gasteiger partial charge on any atom is 0.179 e. The van der Waals surface area contributed by atoms with E-state index in [1.165, 1.54) is 5.56 Å². The Bertz CT molecular complexity index is 414. The number of Topliss-reactive ketones (excluding diaryl/α,β-unsaturated/α-hetero) is 1. The monoisotopic (exact) mass is 277 g/mol. The van der Waals surface area contributed by atoms with Crippen LogP contribution in [0.1, 0.15) is 43.1 Å². The lowest BCUT2D eigenvalue weighted by Gasteiger charge is -2.33. The average molecular weight is 277 g/mol. The molecule has 3 nitrogen and oxygen atoms in total. The highest BCUT2D eigenvalue weighted by Crippen LogP contribution is 2.14.